The first-order chi connectivity index (χ1) is 6.27. The van der Waals surface area contributed by atoms with E-state index >= 15 is 0 Å². The Labute approximate surface area is 83.1 Å². The molecule has 1 aromatic rings. The molecule has 72 valence electrons. The van der Waals surface area contributed by atoms with Crippen molar-refractivity contribution in [1.29, 1.82) is 0 Å². The molecule has 0 amide bonds. The van der Waals surface area contributed by atoms with Gasteiger partial charge in [-0.1, -0.05) is 0 Å². The van der Waals surface area contributed by atoms with Crippen molar-refractivity contribution in [2.45, 2.75) is 13.8 Å². The van der Waals surface area contributed by atoms with Crippen LogP contribution in [0.2, 0.25) is 0 Å². The molecule has 1 fully saturated rings. The van der Waals surface area contributed by atoms with Gasteiger partial charge in [-0.15, -0.1) is 11.3 Å². The minimum absolute atomic E-state index is 0.871. The second-order valence-corrected chi connectivity index (χ2v) is 4.66. The first-order valence-electron chi connectivity index (χ1n) is 4.67. The van der Waals surface area contributed by atoms with Crippen molar-refractivity contribution in [2.24, 2.45) is 0 Å². The van der Waals surface area contributed by atoms with Crippen molar-refractivity contribution in [1.82, 2.24) is 0 Å². The lowest BCUT2D eigenvalue weighted by Gasteiger charge is -2.27. The Balaban J connectivity index is 2.14. The highest BCUT2D eigenvalue weighted by Crippen LogP contribution is 2.29. The van der Waals surface area contributed by atoms with Crippen molar-refractivity contribution in [3.8, 4) is 0 Å². The number of aryl methyl sites for hydroxylation is 2. The number of nitrogens with zero attached hydrogens (tertiary/aromatic N) is 1. The number of anilines is 1. The molecular weight excluding hydrogens is 182 g/mol. The zero-order chi connectivity index (χ0) is 9.26. The quantitative estimate of drug-likeness (QED) is 0.684. The van der Waals surface area contributed by atoms with Crippen LogP contribution < -0.4 is 4.90 Å². The van der Waals surface area contributed by atoms with Crippen molar-refractivity contribution in [3.63, 3.8) is 0 Å². The zero-order valence-corrected chi connectivity index (χ0v) is 8.99. The van der Waals surface area contributed by atoms with Gasteiger partial charge in [-0.2, -0.15) is 0 Å². The van der Waals surface area contributed by atoms with E-state index in [4.69, 9.17) is 4.74 Å². The Bertz CT molecular complexity index is 270. The third-order valence-electron chi connectivity index (χ3n) is 2.48. The van der Waals surface area contributed by atoms with Gasteiger partial charge in [0.1, 0.15) is 0 Å². The van der Waals surface area contributed by atoms with E-state index in [-0.39, 0.29) is 0 Å². The lowest BCUT2D eigenvalue weighted by molar-refractivity contribution is 0.123. The molecule has 2 heterocycles. The van der Waals surface area contributed by atoms with E-state index in [2.05, 4.69) is 24.8 Å². The minimum atomic E-state index is 0.871. The van der Waals surface area contributed by atoms with Crippen LogP contribution in [0.5, 0.6) is 0 Å². The van der Waals surface area contributed by atoms with Gasteiger partial charge in [0.25, 0.3) is 0 Å². The van der Waals surface area contributed by atoms with Crippen LogP contribution in [0, 0.1) is 13.8 Å². The van der Waals surface area contributed by atoms with E-state index in [1.54, 1.807) is 0 Å². The molecule has 0 atom stereocenters. The third kappa shape index (κ3) is 1.86. The molecule has 0 aromatic carbocycles. The zero-order valence-electron chi connectivity index (χ0n) is 8.17. The summed E-state index contributed by atoms with van der Waals surface area (Å²) in [5, 5.41) is 1.40. The molecule has 1 aliphatic rings. The highest BCUT2D eigenvalue weighted by molar-refractivity contribution is 7.16. The van der Waals surface area contributed by atoms with Crippen molar-refractivity contribution < 1.29 is 4.74 Å². The molecule has 0 radical (unpaired) electrons. The summed E-state index contributed by atoms with van der Waals surface area (Å²) in [6.07, 6.45) is 0. The number of hydrogen-bond donors (Lipinski definition) is 0. The van der Waals surface area contributed by atoms with Gasteiger partial charge in [-0.3, -0.25) is 0 Å². The topological polar surface area (TPSA) is 12.5 Å². The highest BCUT2D eigenvalue weighted by atomic mass is 32.1. The second-order valence-electron chi connectivity index (χ2n) is 3.42. The predicted octanol–water partition coefficient (Wildman–Crippen LogP) is 2.20. The fourth-order valence-electron chi connectivity index (χ4n) is 1.49. The van der Waals surface area contributed by atoms with Gasteiger partial charge in [0.15, 0.2) is 0 Å². The largest absolute Gasteiger partial charge is 0.378 e. The lowest BCUT2D eigenvalue weighted by atomic mass is 10.3. The molecule has 2 nitrogen and oxygen atoms in total. The second kappa shape index (κ2) is 3.68. The summed E-state index contributed by atoms with van der Waals surface area (Å²) in [6, 6.07) is 2.28. The van der Waals surface area contributed by atoms with Crippen LogP contribution in [0.25, 0.3) is 0 Å². The highest BCUT2D eigenvalue weighted by Gasteiger charge is 2.13. The van der Waals surface area contributed by atoms with Crippen LogP contribution in [0.1, 0.15) is 10.4 Å². The fourth-order valence-corrected chi connectivity index (χ4v) is 2.57. The number of hydrogen-bond acceptors (Lipinski definition) is 3. The van der Waals surface area contributed by atoms with Crippen LogP contribution in [0.3, 0.4) is 0 Å². The summed E-state index contributed by atoms with van der Waals surface area (Å²) in [5.74, 6) is 0. The van der Waals surface area contributed by atoms with Crippen LogP contribution in [0.15, 0.2) is 6.07 Å². The molecule has 0 aliphatic carbocycles. The molecule has 13 heavy (non-hydrogen) atoms. The van der Waals surface area contributed by atoms with Gasteiger partial charge in [-0.05, 0) is 25.5 Å². The average Bonchev–Trinajstić information content (AvgIpc) is 2.49. The maximum atomic E-state index is 5.32. The monoisotopic (exact) mass is 197 g/mol. The Hall–Kier alpha value is -0.540. The number of thiophene rings is 1. The number of ether oxygens (including phenoxy) is 1. The predicted molar refractivity (Wildman–Crippen MR) is 56.8 cm³/mol. The van der Waals surface area contributed by atoms with Crippen molar-refractivity contribution in [3.05, 3.63) is 16.5 Å². The van der Waals surface area contributed by atoms with E-state index in [1.165, 1.54) is 15.4 Å². The normalized spacial score (nSPS) is 17.8. The van der Waals surface area contributed by atoms with Crippen molar-refractivity contribution in [2.75, 3.05) is 31.2 Å². The van der Waals surface area contributed by atoms with E-state index in [0.29, 0.717) is 0 Å². The van der Waals surface area contributed by atoms with E-state index in [0.717, 1.165) is 26.3 Å². The van der Waals surface area contributed by atoms with Gasteiger partial charge >= 0.3 is 0 Å². The maximum absolute atomic E-state index is 5.32. The summed E-state index contributed by atoms with van der Waals surface area (Å²) in [4.78, 5) is 3.84. The Kier molecular flexibility index (Phi) is 2.56. The molecule has 1 aliphatic heterocycles. The number of morpholine rings is 1. The van der Waals surface area contributed by atoms with Crippen LogP contribution in [-0.2, 0) is 4.74 Å². The van der Waals surface area contributed by atoms with Crippen molar-refractivity contribution >= 4 is 16.3 Å². The van der Waals surface area contributed by atoms with Gasteiger partial charge < -0.3 is 9.64 Å². The molecule has 0 unspecified atom stereocenters. The lowest BCUT2D eigenvalue weighted by Crippen LogP contribution is -2.35. The first-order valence-corrected chi connectivity index (χ1v) is 5.49. The maximum Gasteiger partial charge on any atom is 0.0915 e. The van der Waals surface area contributed by atoms with Gasteiger partial charge in [0, 0.05) is 18.0 Å². The minimum Gasteiger partial charge on any atom is -0.378 e. The molecule has 1 aromatic heterocycles. The van der Waals surface area contributed by atoms with Gasteiger partial charge in [-0.25, -0.2) is 0 Å². The Morgan fingerprint density at radius 2 is 2.00 bits per heavy atom. The van der Waals surface area contributed by atoms with Gasteiger partial charge in [0.2, 0.25) is 0 Å². The Morgan fingerprint density at radius 3 is 2.54 bits per heavy atom. The summed E-state index contributed by atoms with van der Waals surface area (Å²) >= 11 is 1.89. The smallest absolute Gasteiger partial charge is 0.0915 e. The molecule has 3 heteroatoms. The SMILES string of the molecule is Cc1cc(N2CCOCC2)sc1C. The van der Waals surface area contributed by atoms with Gasteiger partial charge in [0.05, 0.1) is 18.2 Å². The molecule has 1 saturated heterocycles. The summed E-state index contributed by atoms with van der Waals surface area (Å²) in [6.45, 7) is 8.19. The van der Waals surface area contributed by atoms with E-state index < -0.39 is 0 Å². The summed E-state index contributed by atoms with van der Waals surface area (Å²) < 4.78 is 5.32. The molecule has 0 spiro atoms. The van der Waals surface area contributed by atoms with Crippen LogP contribution in [-0.4, -0.2) is 26.3 Å². The molecule has 2 rings (SSSR count). The summed E-state index contributed by atoms with van der Waals surface area (Å²) in [7, 11) is 0. The average molecular weight is 197 g/mol. The van der Waals surface area contributed by atoms with E-state index in [1.807, 2.05) is 11.3 Å². The van der Waals surface area contributed by atoms with Crippen LogP contribution >= 0.6 is 11.3 Å². The Morgan fingerprint density at radius 1 is 1.31 bits per heavy atom. The standard InChI is InChI=1S/C10H15NOS/c1-8-7-10(13-9(8)2)11-3-5-12-6-4-11/h7H,3-6H2,1-2H3. The molecule has 0 bridgehead atoms. The molecular formula is C10H15NOS. The van der Waals surface area contributed by atoms with Crippen LogP contribution in [0.4, 0.5) is 5.00 Å². The number of rotatable bonds is 1. The molecule has 0 N–H and O–H groups in total. The van der Waals surface area contributed by atoms with E-state index in [9.17, 15) is 0 Å². The first kappa shape index (κ1) is 9.03. The fraction of sp³-hybridized carbons (Fsp3) is 0.600. The summed E-state index contributed by atoms with van der Waals surface area (Å²) in [5.41, 5.74) is 1.41. The molecule has 0 saturated carbocycles. The third-order valence-corrected chi connectivity index (χ3v) is 3.69.